The van der Waals surface area contributed by atoms with Gasteiger partial charge in [-0.3, -0.25) is 4.79 Å². The molecule has 0 aromatic carbocycles. The van der Waals surface area contributed by atoms with E-state index in [-0.39, 0.29) is 17.3 Å². The molecule has 0 saturated heterocycles. The summed E-state index contributed by atoms with van der Waals surface area (Å²) in [5.41, 5.74) is 1.67. The van der Waals surface area contributed by atoms with Crippen molar-refractivity contribution in [3.8, 4) is 0 Å². The first-order valence-corrected chi connectivity index (χ1v) is 8.14. The summed E-state index contributed by atoms with van der Waals surface area (Å²) in [6, 6.07) is 0. The Morgan fingerprint density at radius 2 is 2.18 bits per heavy atom. The molecule has 2 aliphatic rings. The normalized spacial score (nSPS) is 30.9. The van der Waals surface area contributed by atoms with Crippen molar-refractivity contribution in [3.05, 3.63) is 23.8 Å². The summed E-state index contributed by atoms with van der Waals surface area (Å²) in [7, 11) is 0. The molecule has 0 aliphatic heterocycles. The van der Waals surface area contributed by atoms with Gasteiger partial charge < -0.3 is 9.84 Å². The van der Waals surface area contributed by atoms with Crippen molar-refractivity contribution < 1.29 is 19.4 Å². The molecule has 1 N–H and O–H groups in total. The maximum Gasteiger partial charge on any atom is 0.331 e. The molecule has 4 nitrogen and oxygen atoms in total. The Morgan fingerprint density at radius 1 is 1.45 bits per heavy atom. The molecule has 1 saturated carbocycles. The summed E-state index contributed by atoms with van der Waals surface area (Å²) in [6.45, 7) is 8.16. The van der Waals surface area contributed by atoms with Crippen LogP contribution in [0.1, 0.15) is 52.4 Å². The van der Waals surface area contributed by atoms with E-state index in [1.54, 1.807) is 6.92 Å². The van der Waals surface area contributed by atoms with E-state index < -0.39 is 5.97 Å². The molecule has 122 valence electrons. The first-order chi connectivity index (χ1) is 10.4. The Morgan fingerprint density at radius 3 is 2.82 bits per heavy atom. The second-order valence-electron chi connectivity index (χ2n) is 6.84. The monoisotopic (exact) mass is 306 g/mol. The fourth-order valence-corrected chi connectivity index (χ4v) is 3.91. The topological polar surface area (TPSA) is 63.6 Å². The van der Waals surface area contributed by atoms with Crippen molar-refractivity contribution in [1.29, 1.82) is 0 Å². The Labute approximate surface area is 132 Å². The third-order valence-corrected chi connectivity index (χ3v) is 5.45. The van der Waals surface area contributed by atoms with Crippen molar-refractivity contribution in [2.75, 3.05) is 6.61 Å². The number of hydrogen-bond donors (Lipinski definition) is 1. The van der Waals surface area contributed by atoms with Crippen LogP contribution in [0.25, 0.3) is 0 Å². The van der Waals surface area contributed by atoms with Crippen LogP contribution in [0.3, 0.4) is 0 Å². The number of allylic oxidation sites excluding steroid dienone is 1. The Balaban J connectivity index is 2.12. The van der Waals surface area contributed by atoms with Crippen LogP contribution < -0.4 is 0 Å². The van der Waals surface area contributed by atoms with Crippen molar-refractivity contribution in [3.63, 3.8) is 0 Å². The molecular formula is C18H26O4. The lowest BCUT2D eigenvalue weighted by Crippen LogP contribution is -2.39. The summed E-state index contributed by atoms with van der Waals surface area (Å²) >= 11 is 0. The van der Waals surface area contributed by atoms with Crippen LogP contribution in [0.5, 0.6) is 0 Å². The lowest BCUT2D eigenvalue weighted by atomic mass is 9.57. The zero-order valence-corrected chi connectivity index (χ0v) is 13.6. The van der Waals surface area contributed by atoms with Crippen LogP contribution in [0.4, 0.5) is 0 Å². The molecule has 3 unspecified atom stereocenters. The van der Waals surface area contributed by atoms with Gasteiger partial charge in [0.2, 0.25) is 0 Å². The van der Waals surface area contributed by atoms with E-state index in [1.807, 2.05) is 0 Å². The number of carbonyl (C=O) groups is 2. The summed E-state index contributed by atoms with van der Waals surface area (Å²) in [4.78, 5) is 22.6. The van der Waals surface area contributed by atoms with Gasteiger partial charge in [-0.2, -0.15) is 0 Å². The predicted octanol–water partition coefficient (Wildman–Crippen LogP) is 3.72. The van der Waals surface area contributed by atoms with Crippen LogP contribution >= 0.6 is 0 Å². The van der Waals surface area contributed by atoms with Crippen LogP contribution in [0, 0.1) is 17.3 Å². The van der Waals surface area contributed by atoms with Crippen molar-refractivity contribution in [2.24, 2.45) is 17.3 Å². The van der Waals surface area contributed by atoms with E-state index in [1.165, 1.54) is 5.57 Å². The van der Waals surface area contributed by atoms with E-state index in [2.05, 4.69) is 19.6 Å². The van der Waals surface area contributed by atoms with Gasteiger partial charge in [0.15, 0.2) is 0 Å². The van der Waals surface area contributed by atoms with E-state index in [0.29, 0.717) is 24.5 Å². The van der Waals surface area contributed by atoms with Crippen LogP contribution in [0.15, 0.2) is 23.8 Å². The third kappa shape index (κ3) is 3.42. The van der Waals surface area contributed by atoms with Crippen LogP contribution in [-0.2, 0) is 14.3 Å². The van der Waals surface area contributed by atoms with E-state index >= 15 is 0 Å². The minimum Gasteiger partial charge on any atom is -0.478 e. The number of rotatable bonds is 5. The molecule has 0 bridgehead atoms. The molecule has 4 heteroatoms. The highest BCUT2D eigenvalue weighted by atomic mass is 16.5. The zero-order chi connectivity index (χ0) is 16.3. The first-order valence-electron chi connectivity index (χ1n) is 8.14. The van der Waals surface area contributed by atoms with Crippen molar-refractivity contribution >= 4 is 11.9 Å². The molecule has 0 spiro atoms. The van der Waals surface area contributed by atoms with E-state index in [4.69, 9.17) is 4.74 Å². The lowest BCUT2D eigenvalue weighted by Gasteiger charge is -2.48. The van der Waals surface area contributed by atoms with Gasteiger partial charge in [-0.25, -0.2) is 4.79 Å². The third-order valence-electron chi connectivity index (χ3n) is 5.45. The molecule has 0 radical (unpaired) electrons. The quantitative estimate of drug-likeness (QED) is 0.477. The molecular weight excluding hydrogens is 280 g/mol. The molecule has 2 rings (SSSR count). The van der Waals surface area contributed by atoms with Gasteiger partial charge in [-0.15, -0.1) is 0 Å². The average Bonchev–Trinajstić information content (AvgIpc) is 2.50. The Hall–Kier alpha value is -1.58. The number of esters is 1. The highest BCUT2D eigenvalue weighted by Crippen LogP contribution is 2.53. The van der Waals surface area contributed by atoms with Gasteiger partial charge >= 0.3 is 11.9 Å². The molecule has 3 atom stereocenters. The fraction of sp³-hybridized carbons (Fsp3) is 0.667. The number of carbonyl (C=O) groups excluding carboxylic acids is 1. The largest absolute Gasteiger partial charge is 0.478 e. The molecule has 22 heavy (non-hydrogen) atoms. The van der Waals surface area contributed by atoms with Gasteiger partial charge in [0.05, 0.1) is 0 Å². The summed E-state index contributed by atoms with van der Waals surface area (Å²) in [5, 5.41) is 9.18. The molecule has 0 heterocycles. The second-order valence-corrected chi connectivity index (χ2v) is 6.84. The standard InChI is InChI=1S/C18H26O4/c1-4-16(19)22-11-14-6-5-8-18(3)9-7-13(10-15(14)18)12(2)17(20)21/h6,13,15H,2,4-5,7-11H2,1,3H3,(H,20,21). The van der Waals surface area contributed by atoms with Gasteiger partial charge in [-0.1, -0.05) is 26.5 Å². The minimum atomic E-state index is -0.896. The van der Waals surface area contributed by atoms with Gasteiger partial charge in [-0.05, 0) is 54.9 Å². The predicted molar refractivity (Wildman–Crippen MR) is 84.3 cm³/mol. The highest BCUT2D eigenvalue weighted by Gasteiger charge is 2.44. The summed E-state index contributed by atoms with van der Waals surface area (Å²) in [5.74, 6) is -0.762. The molecule has 0 aromatic heterocycles. The van der Waals surface area contributed by atoms with Gasteiger partial charge in [0.1, 0.15) is 6.61 Å². The summed E-state index contributed by atoms with van der Waals surface area (Å²) in [6.07, 6.45) is 7.39. The van der Waals surface area contributed by atoms with Gasteiger partial charge in [0, 0.05) is 12.0 Å². The summed E-state index contributed by atoms with van der Waals surface area (Å²) < 4.78 is 5.32. The maximum atomic E-state index is 11.4. The Bertz CT molecular complexity index is 505. The smallest absolute Gasteiger partial charge is 0.331 e. The second kappa shape index (κ2) is 6.67. The number of fused-ring (bicyclic) bond motifs is 1. The van der Waals surface area contributed by atoms with Crippen molar-refractivity contribution in [2.45, 2.75) is 52.4 Å². The molecule has 2 aliphatic carbocycles. The Kier molecular flexibility index (Phi) is 5.09. The number of aliphatic carboxylic acids is 1. The maximum absolute atomic E-state index is 11.4. The minimum absolute atomic E-state index is 0.0268. The molecule has 1 fully saturated rings. The molecule has 0 amide bonds. The van der Waals surface area contributed by atoms with Crippen LogP contribution in [-0.4, -0.2) is 23.7 Å². The lowest BCUT2D eigenvalue weighted by molar-refractivity contribution is -0.142. The zero-order valence-electron chi connectivity index (χ0n) is 13.6. The SMILES string of the molecule is C=C(C(=O)O)C1CCC2(C)CCC=C(COC(=O)CC)C2C1. The van der Waals surface area contributed by atoms with Gasteiger partial charge in [0.25, 0.3) is 0 Å². The fourth-order valence-electron chi connectivity index (χ4n) is 3.91. The molecule has 0 aromatic rings. The van der Waals surface area contributed by atoms with Crippen LogP contribution in [0.2, 0.25) is 0 Å². The van der Waals surface area contributed by atoms with Crippen molar-refractivity contribution in [1.82, 2.24) is 0 Å². The van der Waals surface area contributed by atoms with E-state index in [9.17, 15) is 14.7 Å². The number of hydrogen-bond acceptors (Lipinski definition) is 3. The van der Waals surface area contributed by atoms with E-state index in [0.717, 1.165) is 32.1 Å². The highest BCUT2D eigenvalue weighted by molar-refractivity contribution is 5.86. The number of ether oxygens (including phenoxy) is 1. The average molecular weight is 306 g/mol. The number of carboxylic acid groups (broad SMARTS) is 1. The number of carboxylic acids is 1. The first kappa shape index (κ1) is 16.8.